The second-order valence-electron chi connectivity index (χ2n) is 14.7. The van der Waals surface area contributed by atoms with Gasteiger partial charge in [0.05, 0.1) is 25.8 Å². The van der Waals surface area contributed by atoms with Crippen molar-refractivity contribution < 1.29 is 53.7 Å². The Morgan fingerprint density at radius 1 is 0.817 bits per heavy atom. The quantitative estimate of drug-likeness (QED) is 0.0376. The third-order valence-corrected chi connectivity index (χ3v) is 10.7. The lowest BCUT2D eigenvalue weighted by Gasteiger charge is -2.30. The van der Waals surface area contributed by atoms with Crippen molar-refractivity contribution in [1.82, 2.24) is 47.1 Å². The van der Waals surface area contributed by atoms with Crippen LogP contribution in [0.15, 0.2) is 30.5 Å². The number of carboxylic acids is 1. The van der Waals surface area contributed by atoms with E-state index in [1.165, 1.54) is 4.90 Å². The molecule has 4 rings (SSSR count). The fraction of sp³-hybridized carbons (Fsp3) is 0.579. The van der Waals surface area contributed by atoms with Crippen molar-refractivity contribution in [1.29, 1.82) is 0 Å². The number of benzene rings is 1. The molecule has 1 aromatic heterocycles. The van der Waals surface area contributed by atoms with E-state index in [2.05, 4.69) is 54.8 Å². The molecule has 0 bridgehead atoms. The third-order valence-electron chi connectivity index (χ3n) is 10.4. The minimum atomic E-state index is -1.63. The minimum absolute atomic E-state index is 0.0748. The molecule has 2 aliphatic rings. The Morgan fingerprint density at radius 2 is 1.48 bits per heavy atom. The molecular weight excluding hydrogens is 805 g/mol. The number of nitrogens with zero attached hydrogens (tertiary/aromatic N) is 1. The van der Waals surface area contributed by atoms with E-state index >= 15 is 0 Å². The highest BCUT2D eigenvalue weighted by atomic mass is 32.1. The Morgan fingerprint density at radius 3 is 2.13 bits per heavy atom. The Kier molecular flexibility index (Phi) is 18.5. The average molecular weight is 861 g/mol. The monoisotopic (exact) mass is 860 g/mol. The number of thiol groups is 1. The van der Waals surface area contributed by atoms with Gasteiger partial charge in [0.2, 0.25) is 41.4 Å². The number of hydrogen-bond donors (Lipinski definition) is 13. The summed E-state index contributed by atoms with van der Waals surface area (Å²) in [7, 11) is 0. The van der Waals surface area contributed by atoms with Gasteiger partial charge >= 0.3 is 5.97 Å². The first kappa shape index (κ1) is 47.4. The van der Waals surface area contributed by atoms with E-state index in [0.29, 0.717) is 44.3 Å². The molecule has 330 valence electrons. The first-order chi connectivity index (χ1) is 28.8. The van der Waals surface area contributed by atoms with Gasteiger partial charge in [-0.15, -0.1) is 0 Å². The number of para-hydroxylation sites is 1. The van der Waals surface area contributed by atoms with Gasteiger partial charge in [-0.05, 0) is 69.7 Å². The zero-order chi connectivity index (χ0) is 43.8. The van der Waals surface area contributed by atoms with Crippen LogP contribution in [0.25, 0.3) is 10.9 Å². The van der Waals surface area contributed by atoms with Gasteiger partial charge < -0.3 is 68.2 Å². The number of aromatic amines is 1. The summed E-state index contributed by atoms with van der Waals surface area (Å²) < 4.78 is 0. The molecule has 0 aliphatic carbocycles. The summed E-state index contributed by atoms with van der Waals surface area (Å²) in [6.07, 6.45) is 4.75. The van der Waals surface area contributed by atoms with Crippen LogP contribution in [0, 0.1) is 0 Å². The lowest BCUT2D eigenvalue weighted by Crippen LogP contribution is -2.61. The standard InChI is InChI=1S/C38H56N10O11S/c39-12-4-3-9-25(38(58)59)43-31(51)17-42-36(56)30-11-6-14-48(30)37(57)26(15-21-16-41-23-8-2-1-7-22(21)23)44-33(53)27(18-49)46-35(55)29(20-60)47-34(54)28(19-50)45-32(52)24-10-5-13-40-24/h1-2,7-8,16,24-30,40-41,49-50,60H,3-6,9-15,17-20,39H2,(H,42,56)(H,43,51)(H,44,53)(H,45,52)(H,46,55)(H,47,54)(H,58,59). The van der Waals surface area contributed by atoms with Gasteiger partial charge in [-0.2, -0.15) is 12.6 Å². The number of unbranched alkanes of at least 4 members (excludes halogenated alkanes) is 1. The van der Waals surface area contributed by atoms with Crippen LogP contribution in [-0.2, 0) is 44.8 Å². The van der Waals surface area contributed by atoms with Crippen LogP contribution in [0.3, 0.4) is 0 Å². The summed E-state index contributed by atoms with van der Waals surface area (Å²) in [6, 6.07) is -1.22. The Bertz CT molecular complexity index is 1840. The van der Waals surface area contributed by atoms with Crippen molar-refractivity contribution in [2.75, 3.05) is 45.1 Å². The van der Waals surface area contributed by atoms with Crippen molar-refractivity contribution >= 4 is 70.9 Å². The molecule has 0 radical (unpaired) electrons. The van der Waals surface area contributed by atoms with Gasteiger partial charge in [-0.1, -0.05) is 18.2 Å². The fourth-order valence-electron chi connectivity index (χ4n) is 7.08. The number of nitrogens with one attached hydrogen (secondary N) is 8. The normalized spacial score (nSPS) is 18.7. The SMILES string of the molecule is NCCCCC(NC(=O)CNC(=O)C1CCCN1C(=O)C(Cc1c[nH]c2ccccc12)NC(=O)C(CO)NC(=O)C(CS)NC(=O)C(CO)NC(=O)C1CCCN1)C(=O)O. The van der Waals surface area contributed by atoms with E-state index < -0.39 is 109 Å². The molecule has 2 aromatic rings. The average Bonchev–Trinajstić information content (AvgIpc) is 4.04. The zero-order valence-corrected chi connectivity index (χ0v) is 34.0. The van der Waals surface area contributed by atoms with Crippen LogP contribution < -0.4 is 43.0 Å². The van der Waals surface area contributed by atoms with Crippen molar-refractivity contribution in [3.8, 4) is 0 Å². The van der Waals surface area contributed by atoms with E-state index in [4.69, 9.17) is 5.73 Å². The molecule has 22 heteroatoms. The third kappa shape index (κ3) is 13.1. The van der Waals surface area contributed by atoms with Gasteiger partial charge in [0.15, 0.2) is 0 Å². The van der Waals surface area contributed by atoms with Crippen molar-refractivity contribution in [2.24, 2.45) is 5.73 Å². The maximum absolute atomic E-state index is 14.3. The first-order valence-corrected chi connectivity index (χ1v) is 20.6. The summed E-state index contributed by atoms with van der Waals surface area (Å²) in [4.78, 5) is 109. The Labute approximate surface area is 351 Å². The van der Waals surface area contributed by atoms with Crippen LogP contribution in [0.2, 0.25) is 0 Å². The predicted octanol–water partition coefficient (Wildman–Crippen LogP) is -3.88. The minimum Gasteiger partial charge on any atom is -0.480 e. The molecule has 2 aliphatic heterocycles. The Hall–Kier alpha value is -5.29. The molecule has 2 fully saturated rings. The van der Waals surface area contributed by atoms with Gasteiger partial charge in [-0.3, -0.25) is 33.6 Å². The summed E-state index contributed by atoms with van der Waals surface area (Å²) in [5, 5.41) is 47.9. The highest BCUT2D eigenvalue weighted by molar-refractivity contribution is 7.80. The molecule has 7 atom stereocenters. The molecule has 21 nitrogen and oxygen atoms in total. The van der Waals surface area contributed by atoms with Gasteiger partial charge in [0.25, 0.3) is 0 Å². The number of aliphatic hydroxyl groups excluding tert-OH is 2. The summed E-state index contributed by atoms with van der Waals surface area (Å²) in [5.41, 5.74) is 6.87. The van der Waals surface area contributed by atoms with E-state index in [9.17, 15) is 53.7 Å². The number of carboxylic acid groups (broad SMARTS) is 1. The first-order valence-electron chi connectivity index (χ1n) is 19.9. The van der Waals surface area contributed by atoms with Crippen LogP contribution in [-0.4, -0.2) is 160 Å². The topological polar surface area (TPSA) is 327 Å². The number of aromatic nitrogens is 1. The number of likely N-dealkylation sites (tertiary alicyclic amines) is 1. The van der Waals surface area contributed by atoms with E-state index in [1.807, 2.05) is 18.2 Å². The zero-order valence-electron chi connectivity index (χ0n) is 33.1. The number of H-pyrrole nitrogens is 1. The van der Waals surface area contributed by atoms with E-state index in [0.717, 1.165) is 17.3 Å². The van der Waals surface area contributed by atoms with Crippen molar-refractivity contribution in [2.45, 2.75) is 93.7 Å². The molecule has 3 heterocycles. The number of nitrogens with two attached hydrogens (primary N) is 1. The van der Waals surface area contributed by atoms with Crippen LogP contribution in [0.4, 0.5) is 0 Å². The molecular formula is C38H56N10O11S. The van der Waals surface area contributed by atoms with Crippen LogP contribution in [0.1, 0.15) is 50.5 Å². The second kappa shape index (κ2) is 23.5. The van der Waals surface area contributed by atoms with Gasteiger partial charge in [0, 0.05) is 35.8 Å². The van der Waals surface area contributed by atoms with E-state index in [1.54, 1.807) is 12.3 Å². The summed E-state index contributed by atoms with van der Waals surface area (Å²) in [6.45, 7) is -1.12. The highest BCUT2D eigenvalue weighted by Gasteiger charge is 2.39. The largest absolute Gasteiger partial charge is 0.480 e. The predicted molar refractivity (Wildman–Crippen MR) is 219 cm³/mol. The number of carbonyl (C=O) groups is 8. The molecule has 0 spiro atoms. The smallest absolute Gasteiger partial charge is 0.326 e. The maximum Gasteiger partial charge on any atom is 0.326 e. The molecule has 0 saturated carbocycles. The number of aliphatic carboxylic acids is 1. The lowest BCUT2D eigenvalue weighted by atomic mass is 10.0. The number of hydrogen-bond acceptors (Lipinski definition) is 13. The fourth-order valence-corrected chi connectivity index (χ4v) is 7.34. The van der Waals surface area contributed by atoms with Crippen LogP contribution in [0.5, 0.6) is 0 Å². The number of rotatable bonds is 23. The molecule has 13 N–H and O–H groups in total. The molecule has 60 heavy (non-hydrogen) atoms. The number of fused-ring (bicyclic) bond motifs is 1. The van der Waals surface area contributed by atoms with E-state index in [-0.39, 0.29) is 31.6 Å². The van der Waals surface area contributed by atoms with Crippen molar-refractivity contribution in [3.05, 3.63) is 36.0 Å². The molecule has 1 aromatic carbocycles. The molecule has 7 unspecified atom stereocenters. The Balaban J connectivity index is 1.44. The number of aliphatic hydroxyl groups is 2. The van der Waals surface area contributed by atoms with Crippen molar-refractivity contribution in [3.63, 3.8) is 0 Å². The van der Waals surface area contributed by atoms with Crippen LogP contribution >= 0.6 is 12.6 Å². The molecule has 7 amide bonds. The lowest BCUT2D eigenvalue weighted by molar-refractivity contribution is -0.143. The second-order valence-corrected chi connectivity index (χ2v) is 15.0. The van der Waals surface area contributed by atoms with Gasteiger partial charge in [-0.25, -0.2) is 4.79 Å². The molecule has 2 saturated heterocycles. The number of amides is 7. The van der Waals surface area contributed by atoms with Gasteiger partial charge in [0.1, 0.15) is 36.3 Å². The number of carbonyl (C=O) groups excluding carboxylic acids is 7. The maximum atomic E-state index is 14.3. The summed E-state index contributed by atoms with van der Waals surface area (Å²) in [5.74, 6) is -6.85. The highest BCUT2D eigenvalue weighted by Crippen LogP contribution is 2.23. The summed E-state index contributed by atoms with van der Waals surface area (Å²) >= 11 is 4.14.